The molecular weight excluding hydrogens is 302 g/mol. The van der Waals surface area contributed by atoms with E-state index in [0.29, 0.717) is 11.0 Å². The van der Waals surface area contributed by atoms with Gasteiger partial charge >= 0.3 is 6.03 Å². The molecule has 2 rings (SSSR count). The van der Waals surface area contributed by atoms with Crippen molar-refractivity contribution in [2.45, 2.75) is 56.0 Å². The summed E-state index contributed by atoms with van der Waals surface area (Å²) in [5.41, 5.74) is 6.39. The van der Waals surface area contributed by atoms with E-state index in [-0.39, 0.29) is 11.9 Å². The number of amides is 3. The summed E-state index contributed by atoms with van der Waals surface area (Å²) in [6, 6.07) is 1.40. The Labute approximate surface area is 133 Å². The van der Waals surface area contributed by atoms with Gasteiger partial charge in [-0.3, -0.25) is 10.1 Å². The van der Waals surface area contributed by atoms with E-state index in [0.717, 1.165) is 31.4 Å². The first-order valence-electron chi connectivity index (χ1n) is 7.33. The third kappa shape index (κ3) is 4.87. The van der Waals surface area contributed by atoms with Crippen molar-refractivity contribution in [3.63, 3.8) is 0 Å². The molecule has 1 saturated carbocycles. The summed E-state index contributed by atoms with van der Waals surface area (Å²) in [4.78, 5) is 32.1. The number of imide groups is 1. The fourth-order valence-electron chi connectivity index (χ4n) is 2.33. The molecule has 0 aliphatic heterocycles. The van der Waals surface area contributed by atoms with Gasteiger partial charge in [0, 0.05) is 17.8 Å². The minimum Gasteiger partial charge on any atom is -0.384 e. The summed E-state index contributed by atoms with van der Waals surface area (Å²) in [6.07, 6.45) is 4.19. The second-order valence-corrected chi connectivity index (χ2v) is 6.73. The van der Waals surface area contributed by atoms with E-state index in [1.807, 2.05) is 6.92 Å². The number of carbonyl (C=O) groups excluding carboxylic acids is 2. The van der Waals surface area contributed by atoms with Crippen LogP contribution in [0.5, 0.6) is 0 Å². The van der Waals surface area contributed by atoms with Gasteiger partial charge < -0.3 is 11.1 Å². The molecule has 1 aliphatic rings. The Hall–Kier alpha value is -1.83. The van der Waals surface area contributed by atoms with Crippen molar-refractivity contribution in [3.8, 4) is 0 Å². The normalized spacial score (nSPS) is 16.3. The van der Waals surface area contributed by atoms with Crippen LogP contribution in [-0.4, -0.2) is 33.2 Å². The number of aromatic nitrogens is 2. The number of hydrogen-bond donors (Lipinski definition) is 3. The summed E-state index contributed by atoms with van der Waals surface area (Å²) in [5.74, 6) is -0.00856. The first-order valence-corrected chi connectivity index (χ1v) is 8.21. The number of carbonyl (C=O) groups is 2. The van der Waals surface area contributed by atoms with Crippen molar-refractivity contribution >= 4 is 29.5 Å². The highest BCUT2D eigenvalue weighted by atomic mass is 32.2. The van der Waals surface area contributed by atoms with Gasteiger partial charge in [-0.15, -0.1) is 0 Å². The second kappa shape index (κ2) is 7.44. The average Bonchev–Trinajstić information content (AvgIpc) is 2.89. The van der Waals surface area contributed by atoms with E-state index in [4.69, 9.17) is 5.73 Å². The first kappa shape index (κ1) is 16.5. The SMILES string of the molecule is Cc1cc(N)nc(S[C@@H](C)C(=O)NC(=O)NC2CCCC2)n1. The second-order valence-electron chi connectivity index (χ2n) is 5.42. The Morgan fingerprint density at radius 2 is 2.05 bits per heavy atom. The Bertz CT molecular complexity index is 540. The number of nitrogens with one attached hydrogen (secondary N) is 2. The maximum atomic E-state index is 12.0. The van der Waals surface area contributed by atoms with Crippen LogP contribution in [0.3, 0.4) is 0 Å². The van der Waals surface area contributed by atoms with Crippen molar-refractivity contribution in [1.29, 1.82) is 0 Å². The highest BCUT2D eigenvalue weighted by molar-refractivity contribution is 8.00. The summed E-state index contributed by atoms with van der Waals surface area (Å²) >= 11 is 1.17. The molecule has 0 unspecified atom stereocenters. The van der Waals surface area contributed by atoms with Crippen LogP contribution in [0, 0.1) is 6.92 Å². The summed E-state index contributed by atoms with van der Waals surface area (Å²) < 4.78 is 0. The van der Waals surface area contributed by atoms with E-state index in [1.54, 1.807) is 13.0 Å². The number of thioether (sulfide) groups is 1. The fourth-order valence-corrected chi connectivity index (χ4v) is 3.17. The van der Waals surface area contributed by atoms with Crippen LogP contribution in [0.25, 0.3) is 0 Å². The highest BCUT2D eigenvalue weighted by Crippen LogP contribution is 2.21. The topological polar surface area (TPSA) is 110 Å². The van der Waals surface area contributed by atoms with Crippen molar-refractivity contribution in [3.05, 3.63) is 11.8 Å². The Morgan fingerprint density at radius 1 is 1.36 bits per heavy atom. The van der Waals surface area contributed by atoms with E-state index in [1.165, 1.54) is 11.8 Å². The van der Waals surface area contributed by atoms with Gasteiger partial charge in [0.05, 0.1) is 5.25 Å². The highest BCUT2D eigenvalue weighted by Gasteiger charge is 2.21. The molecule has 0 aromatic carbocycles. The van der Waals surface area contributed by atoms with Gasteiger partial charge in [0.2, 0.25) is 5.91 Å². The zero-order chi connectivity index (χ0) is 16.1. The van der Waals surface area contributed by atoms with Crippen LogP contribution < -0.4 is 16.4 Å². The molecular formula is C14H21N5O2S. The van der Waals surface area contributed by atoms with Crippen molar-refractivity contribution in [1.82, 2.24) is 20.6 Å². The summed E-state index contributed by atoms with van der Waals surface area (Å²) in [6.45, 7) is 3.51. The molecule has 1 atom stereocenters. The number of nitrogens with zero attached hydrogens (tertiary/aromatic N) is 2. The molecule has 0 spiro atoms. The largest absolute Gasteiger partial charge is 0.384 e. The maximum Gasteiger partial charge on any atom is 0.321 e. The van der Waals surface area contributed by atoms with Crippen LogP contribution in [-0.2, 0) is 4.79 Å². The molecule has 1 heterocycles. The van der Waals surface area contributed by atoms with Gasteiger partial charge in [0.15, 0.2) is 5.16 Å². The lowest BCUT2D eigenvalue weighted by Crippen LogP contribution is -2.45. The van der Waals surface area contributed by atoms with Gasteiger partial charge in [0.1, 0.15) is 5.82 Å². The van der Waals surface area contributed by atoms with Gasteiger partial charge in [-0.1, -0.05) is 24.6 Å². The first-order chi connectivity index (χ1) is 10.4. The zero-order valence-electron chi connectivity index (χ0n) is 12.8. The van der Waals surface area contributed by atoms with Gasteiger partial charge in [-0.25, -0.2) is 14.8 Å². The van der Waals surface area contributed by atoms with Crippen molar-refractivity contribution < 1.29 is 9.59 Å². The van der Waals surface area contributed by atoms with E-state index < -0.39 is 11.3 Å². The number of nitrogens with two attached hydrogens (primary N) is 1. The molecule has 0 bridgehead atoms. The summed E-state index contributed by atoms with van der Waals surface area (Å²) in [5, 5.41) is 5.11. The Balaban J connectivity index is 1.84. The summed E-state index contributed by atoms with van der Waals surface area (Å²) in [7, 11) is 0. The van der Waals surface area contributed by atoms with Gasteiger partial charge in [-0.05, 0) is 26.7 Å². The molecule has 1 aliphatic carbocycles. The van der Waals surface area contributed by atoms with E-state index >= 15 is 0 Å². The molecule has 0 saturated heterocycles. The van der Waals surface area contributed by atoms with Gasteiger partial charge in [0.25, 0.3) is 0 Å². The number of hydrogen-bond acceptors (Lipinski definition) is 6. The number of rotatable bonds is 4. The molecule has 8 heteroatoms. The third-order valence-corrected chi connectivity index (χ3v) is 4.39. The maximum absolute atomic E-state index is 12.0. The fraction of sp³-hybridized carbons (Fsp3) is 0.571. The van der Waals surface area contributed by atoms with Crippen LogP contribution in [0.2, 0.25) is 0 Å². The molecule has 1 aromatic rings. The average molecular weight is 323 g/mol. The predicted octanol–water partition coefficient (Wildman–Crippen LogP) is 1.62. The quantitative estimate of drug-likeness (QED) is 0.573. The molecule has 4 N–H and O–H groups in total. The number of nitrogen functional groups attached to an aromatic ring is 1. The molecule has 120 valence electrons. The molecule has 7 nitrogen and oxygen atoms in total. The lowest BCUT2D eigenvalue weighted by molar-refractivity contribution is -0.119. The third-order valence-electron chi connectivity index (χ3n) is 3.43. The van der Waals surface area contributed by atoms with Crippen LogP contribution in [0.15, 0.2) is 11.2 Å². The number of aryl methyl sites for hydroxylation is 1. The molecule has 1 aromatic heterocycles. The number of urea groups is 1. The lowest BCUT2D eigenvalue weighted by atomic mass is 10.2. The van der Waals surface area contributed by atoms with Gasteiger partial charge in [-0.2, -0.15) is 0 Å². The predicted molar refractivity (Wildman–Crippen MR) is 85.4 cm³/mol. The molecule has 22 heavy (non-hydrogen) atoms. The lowest BCUT2D eigenvalue weighted by Gasteiger charge is -2.14. The monoisotopic (exact) mass is 323 g/mol. The minimum atomic E-state index is -0.490. The van der Waals surface area contributed by atoms with E-state index in [2.05, 4.69) is 20.6 Å². The van der Waals surface area contributed by atoms with Crippen LogP contribution in [0.1, 0.15) is 38.3 Å². The Morgan fingerprint density at radius 3 is 2.68 bits per heavy atom. The van der Waals surface area contributed by atoms with Crippen molar-refractivity contribution in [2.75, 3.05) is 5.73 Å². The Kier molecular flexibility index (Phi) is 5.59. The van der Waals surface area contributed by atoms with Crippen LogP contribution >= 0.6 is 11.8 Å². The van der Waals surface area contributed by atoms with Crippen molar-refractivity contribution in [2.24, 2.45) is 0 Å². The minimum absolute atomic E-state index is 0.177. The molecule has 3 amide bonds. The molecule has 1 fully saturated rings. The number of anilines is 1. The van der Waals surface area contributed by atoms with E-state index in [9.17, 15) is 9.59 Å². The standard InChI is InChI=1S/C14H21N5O2S/c1-8-7-11(15)18-14(16-8)22-9(2)12(20)19-13(21)17-10-5-3-4-6-10/h7,9-10H,3-6H2,1-2H3,(H2,15,16,18)(H2,17,19,20,21)/t9-/m0/s1. The smallest absolute Gasteiger partial charge is 0.321 e. The zero-order valence-corrected chi connectivity index (χ0v) is 13.6. The molecule has 0 radical (unpaired) electrons. The van der Waals surface area contributed by atoms with Crippen LogP contribution in [0.4, 0.5) is 10.6 Å².